The Hall–Kier alpha value is -3.42. The van der Waals surface area contributed by atoms with Crippen molar-refractivity contribution in [3.63, 3.8) is 0 Å². The summed E-state index contributed by atoms with van der Waals surface area (Å²) in [4.78, 5) is 27.0. The highest BCUT2D eigenvalue weighted by Gasteiger charge is 2.15. The third kappa shape index (κ3) is 4.77. The average Bonchev–Trinajstić information content (AvgIpc) is 2.62. The number of carbonyl (C=O) groups is 2. The molecule has 0 spiro atoms. The third-order valence-electron chi connectivity index (χ3n) is 3.01. The maximum absolute atomic E-state index is 11.9. The van der Waals surface area contributed by atoms with Crippen molar-refractivity contribution in [3.8, 4) is 17.2 Å². The van der Waals surface area contributed by atoms with Crippen molar-refractivity contribution in [3.05, 3.63) is 47.8 Å². The molecule has 0 radical (unpaired) electrons. The molecule has 0 atom stereocenters. The molecular weight excluding hydrogens is 326 g/mol. The number of nitrogens with zero attached hydrogens (tertiary/aromatic N) is 2. The number of hydrazone groups is 1. The van der Waals surface area contributed by atoms with Crippen molar-refractivity contribution in [2.75, 3.05) is 14.2 Å². The van der Waals surface area contributed by atoms with Crippen molar-refractivity contribution >= 4 is 18.1 Å². The van der Waals surface area contributed by atoms with Gasteiger partial charge in [-0.15, -0.1) is 0 Å². The summed E-state index contributed by atoms with van der Waals surface area (Å²) in [5, 5.41) is 3.88. The predicted octanol–water partition coefficient (Wildman–Crippen LogP) is 1.79. The molecule has 0 bridgehead atoms. The van der Waals surface area contributed by atoms with Crippen molar-refractivity contribution in [2.45, 2.75) is 6.92 Å². The van der Waals surface area contributed by atoms with E-state index in [1.165, 1.54) is 33.6 Å². The summed E-state index contributed by atoms with van der Waals surface area (Å²) in [6.45, 7) is 1.28. The summed E-state index contributed by atoms with van der Waals surface area (Å²) in [6, 6.07) is 8.18. The molecule has 1 aromatic heterocycles. The van der Waals surface area contributed by atoms with E-state index in [2.05, 4.69) is 15.5 Å². The number of rotatable bonds is 6. The van der Waals surface area contributed by atoms with Gasteiger partial charge in [-0.25, -0.2) is 5.43 Å². The molecule has 1 heterocycles. The Labute approximate surface area is 144 Å². The largest absolute Gasteiger partial charge is 0.493 e. The summed E-state index contributed by atoms with van der Waals surface area (Å²) in [6.07, 6.45) is 2.92. The van der Waals surface area contributed by atoms with E-state index >= 15 is 0 Å². The second-order valence-corrected chi connectivity index (χ2v) is 4.76. The van der Waals surface area contributed by atoms with Crippen LogP contribution in [0, 0.1) is 0 Å². The molecule has 0 aliphatic rings. The van der Waals surface area contributed by atoms with E-state index in [0.717, 1.165) is 0 Å². The van der Waals surface area contributed by atoms with Crippen LogP contribution in [0.3, 0.4) is 0 Å². The molecule has 1 N–H and O–H groups in total. The Balaban J connectivity index is 2.19. The molecule has 0 aliphatic heterocycles. The van der Waals surface area contributed by atoms with E-state index in [-0.39, 0.29) is 11.4 Å². The summed E-state index contributed by atoms with van der Waals surface area (Å²) >= 11 is 0. The number of benzene rings is 1. The number of carbonyl (C=O) groups excluding carboxylic acids is 2. The number of hydrogen-bond donors (Lipinski definition) is 1. The lowest BCUT2D eigenvalue weighted by Crippen LogP contribution is -2.18. The van der Waals surface area contributed by atoms with Gasteiger partial charge in [0.25, 0.3) is 5.91 Å². The Morgan fingerprint density at radius 1 is 1.16 bits per heavy atom. The standard InChI is InChI=1S/C17H17N3O5/c1-11(21)25-16-14(23-2)8-12(9-15(16)24-3)10-19-20-17(22)13-6-4-5-7-18-13/h4-10H,1-3H3,(H,20,22). The van der Waals surface area contributed by atoms with Crippen LogP contribution in [0.1, 0.15) is 23.0 Å². The second-order valence-electron chi connectivity index (χ2n) is 4.76. The maximum Gasteiger partial charge on any atom is 0.308 e. The fourth-order valence-corrected chi connectivity index (χ4v) is 1.94. The van der Waals surface area contributed by atoms with E-state index in [1.807, 2.05) is 0 Å². The van der Waals surface area contributed by atoms with Gasteiger partial charge in [0, 0.05) is 18.7 Å². The molecule has 1 aromatic carbocycles. The number of pyridine rings is 1. The fraction of sp³-hybridized carbons (Fsp3) is 0.176. The SMILES string of the molecule is COc1cc(C=NNC(=O)c2ccccn2)cc(OC)c1OC(C)=O. The lowest BCUT2D eigenvalue weighted by atomic mass is 10.2. The van der Waals surface area contributed by atoms with E-state index in [9.17, 15) is 9.59 Å². The lowest BCUT2D eigenvalue weighted by Gasteiger charge is -2.13. The highest BCUT2D eigenvalue weighted by Crippen LogP contribution is 2.38. The first-order valence-corrected chi connectivity index (χ1v) is 7.24. The molecule has 0 fully saturated rings. The predicted molar refractivity (Wildman–Crippen MR) is 90.2 cm³/mol. The smallest absolute Gasteiger partial charge is 0.308 e. The first-order chi connectivity index (χ1) is 12.0. The molecule has 25 heavy (non-hydrogen) atoms. The van der Waals surface area contributed by atoms with Crippen LogP contribution < -0.4 is 19.6 Å². The van der Waals surface area contributed by atoms with Crippen molar-refractivity contribution in [2.24, 2.45) is 5.10 Å². The quantitative estimate of drug-likeness (QED) is 0.371. The van der Waals surface area contributed by atoms with E-state index in [1.54, 1.807) is 30.3 Å². The topological polar surface area (TPSA) is 99.1 Å². The van der Waals surface area contributed by atoms with Gasteiger partial charge in [0.15, 0.2) is 11.5 Å². The molecular formula is C17H17N3O5. The molecule has 0 saturated carbocycles. The van der Waals surface area contributed by atoms with Gasteiger partial charge >= 0.3 is 5.97 Å². The number of hydrogen-bond acceptors (Lipinski definition) is 7. The van der Waals surface area contributed by atoms with Gasteiger partial charge in [-0.05, 0) is 24.3 Å². The van der Waals surface area contributed by atoms with Gasteiger partial charge in [-0.1, -0.05) is 6.07 Å². The molecule has 0 saturated heterocycles. The molecule has 1 amide bonds. The number of nitrogens with one attached hydrogen (secondary N) is 1. The van der Waals surface area contributed by atoms with Crippen LogP contribution in [-0.2, 0) is 4.79 Å². The Bertz CT molecular complexity index is 765. The third-order valence-corrected chi connectivity index (χ3v) is 3.01. The maximum atomic E-state index is 11.9. The first-order valence-electron chi connectivity index (χ1n) is 7.24. The van der Waals surface area contributed by atoms with Gasteiger partial charge in [0.2, 0.25) is 5.75 Å². The molecule has 0 aliphatic carbocycles. The normalized spacial score (nSPS) is 10.4. The van der Waals surface area contributed by atoms with Crippen LogP contribution in [0.2, 0.25) is 0 Å². The highest BCUT2D eigenvalue weighted by molar-refractivity contribution is 5.93. The minimum absolute atomic E-state index is 0.173. The van der Waals surface area contributed by atoms with E-state index in [4.69, 9.17) is 14.2 Å². The van der Waals surface area contributed by atoms with Crippen LogP contribution >= 0.6 is 0 Å². The zero-order valence-corrected chi connectivity index (χ0v) is 14.0. The van der Waals surface area contributed by atoms with Crippen LogP contribution in [0.15, 0.2) is 41.6 Å². The van der Waals surface area contributed by atoms with E-state index < -0.39 is 11.9 Å². The Kier molecular flexibility index (Phi) is 6.05. The van der Waals surface area contributed by atoms with Crippen LogP contribution in [0.25, 0.3) is 0 Å². The monoisotopic (exact) mass is 343 g/mol. The number of aromatic nitrogens is 1. The molecule has 2 aromatic rings. The minimum Gasteiger partial charge on any atom is -0.493 e. The first kappa shape index (κ1) is 17.9. The summed E-state index contributed by atoms with van der Waals surface area (Å²) in [5.74, 6) is -0.167. The number of methoxy groups -OCH3 is 2. The van der Waals surface area contributed by atoms with Gasteiger partial charge in [-0.2, -0.15) is 5.10 Å². The molecule has 0 unspecified atom stereocenters. The Morgan fingerprint density at radius 2 is 1.84 bits per heavy atom. The van der Waals surface area contributed by atoms with Gasteiger partial charge < -0.3 is 14.2 Å². The van der Waals surface area contributed by atoms with Crippen LogP contribution in [0.5, 0.6) is 17.2 Å². The number of esters is 1. The molecule has 8 heteroatoms. The zero-order chi connectivity index (χ0) is 18.2. The van der Waals surface area contributed by atoms with Crippen molar-refractivity contribution in [1.82, 2.24) is 10.4 Å². The molecule has 2 rings (SSSR count). The fourth-order valence-electron chi connectivity index (χ4n) is 1.94. The summed E-state index contributed by atoms with van der Waals surface area (Å²) in [5.41, 5.74) is 3.20. The van der Waals surface area contributed by atoms with Crippen molar-refractivity contribution < 1.29 is 23.8 Å². The van der Waals surface area contributed by atoms with Crippen molar-refractivity contribution in [1.29, 1.82) is 0 Å². The number of amides is 1. The Morgan fingerprint density at radius 3 is 2.36 bits per heavy atom. The van der Waals surface area contributed by atoms with Gasteiger partial charge in [-0.3, -0.25) is 14.6 Å². The van der Waals surface area contributed by atoms with Crippen LogP contribution in [0.4, 0.5) is 0 Å². The second kappa shape index (κ2) is 8.44. The number of ether oxygens (including phenoxy) is 3. The zero-order valence-electron chi connectivity index (χ0n) is 14.0. The molecule has 130 valence electrons. The van der Waals surface area contributed by atoms with Crippen LogP contribution in [-0.4, -0.2) is 37.3 Å². The molecule has 8 nitrogen and oxygen atoms in total. The lowest BCUT2D eigenvalue weighted by molar-refractivity contribution is -0.132. The highest BCUT2D eigenvalue weighted by atomic mass is 16.6. The van der Waals surface area contributed by atoms with Gasteiger partial charge in [0.1, 0.15) is 5.69 Å². The van der Waals surface area contributed by atoms with E-state index in [0.29, 0.717) is 17.1 Å². The minimum atomic E-state index is -0.499. The summed E-state index contributed by atoms with van der Waals surface area (Å²) < 4.78 is 15.5. The van der Waals surface area contributed by atoms with Gasteiger partial charge in [0.05, 0.1) is 20.4 Å². The summed E-state index contributed by atoms with van der Waals surface area (Å²) in [7, 11) is 2.87. The average molecular weight is 343 g/mol.